The maximum absolute atomic E-state index is 11.4. The van der Waals surface area contributed by atoms with Gasteiger partial charge in [-0.2, -0.15) is 0 Å². The first-order chi connectivity index (χ1) is 5.00. The lowest BCUT2D eigenvalue weighted by atomic mass is 9.91. The quantitative estimate of drug-likeness (QED) is 0.613. The molecule has 3 heteroatoms. The van der Waals surface area contributed by atoms with E-state index in [2.05, 4.69) is 6.92 Å². The third kappa shape index (κ3) is 1.28. The van der Waals surface area contributed by atoms with Crippen LogP contribution < -0.4 is 0 Å². The van der Waals surface area contributed by atoms with Gasteiger partial charge in [-0.3, -0.25) is 0 Å². The molecule has 1 heterocycles. The third-order valence-electron chi connectivity index (χ3n) is 2.94. The summed E-state index contributed by atoms with van der Waals surface area (Å²) in [4.78, 5) is 0. The van der Waals surface area contributed by atoms with E-state index in [1.807, 2.05) is 13.8 Å². The van der Waals surface area contributed by atoms with Gasteiger partial charge in [0.05, 0.1) is 12.6 Å². The maximum atomic E-state index is 11.4. The standard InChI is InChI=1S/C8H16NO2/c1-6-4-7(5-10)9(11)8(6,2)3/h6-7,10H,4-5H2,1-3H3. The monoisotopic (exact) mass is 158 g/mol. The van der Waals surface area contributed by atoms with Crippen LogP contribution in [0, 0.1) is 5.92 Å². The van der Waals surface area contributed by atoms with E-state index >= 15 is 0 Å². The molecular weight excluding hydrogens is 142 g/mol. The Labute approximate surface area is 67.6 Å². The minimum absolute atomic E-state index is 0.0166. The molecule has 0 aliphatic carbocycles. The van der Waals surface area contributed by atoms with Crippen LogP contribution in [0.3, 0.4) is 0 Å². The smallest absolute Gasteiger partial charge is 0.0624 e. The molecule has 1 rings (SSSR count). The van der Waals surface area contributed by atoms with Crippen LogP contribution >= 0.6 is 0 Å². The molecule has 1 fully saturated rings. The number of aliphatic hydroxyl groups is 1. The Morgan fingerprint density at radius 3 is 2.36 bits per heavy atom. The minimum Gasteiger partial charge on any atom is -0.395 e. The molecule has 1 radical (unpaired) electrons. The lowest BCUT2D eigenvalue weighted by Gasteiger charge is -2.29. The Balaban J connectivity index is 2.71. The molecule has 0 aromatic heterocycles. The lowest BCUT2D eigenvalue weighted by molar-refractivity contribution is -0.229. The topological polar surface area (TPSA) is 43.4 Å². The summed E-state index contributed by atoms with van der Waals surface area (Å²) in [5, 5.41) is 21.3. The number of hydrogen-bond donors (Lipinski definition) is 1. The van der Waals surface area contributed by atoms with Crippen molar-refractivity contribution in [2.24, 2.45) is 5.92 Å². The second-order valence-electron chi connectivity index (χ2n) is 3.95. The fraction of sp³-hybridized carbons (Fsp3) is 1.00. The first-order valence-electron chi connectivity index (χ1n) is 4.07. The summed E-state index contributed by atoms with van der Waals surface area (Å²) in [6, 6.07) is -0.181. The van der Waals surface area contributed by atoms with Crippen molar-refractivity contribution in [1.29, 1.82) is 0 Å². The van der Waals surface area contributed by atoms with Crippen LogP contribution in [0.15, 0.2) is 0 Å². The van der Waals surface area contributed by atoms with E-state index < -0.39 is 0 Å². The molecule has 0 bridgehead atoms. The summed E-state index contributed by atoms with van der Waals surface area (Å²) in [6.07, 6.45) is 0.812. The van der Waals surface area contributed by atoms with Crippen LogP contribution in [0.4, 0.5) is 0 Å². The van der Waals surface area contributed by atoms with E-state index in [0.717, 1.165) is 11.5 Å². The van der Waals surface area contributed by atoms with Crippen molar-refractivity contribution in [3.05, 3.63) is 0 Å². The Hall–Kier alpha value is -0.120. The predicted octanol–water partition coefficient (Wildman–Crippen LogP) is 0.813. The summed E-state index contributed by atoms with van der Waals surface area (Å²) >= 11 is 0. The molecule has 65 valence electrons. The summed E-state index contributed by atoms with van der Waals surface area (Å²) in [7, 11) is 0. The Morgan fingerprint density at radius 2 is 2.18 bits per heavy atom. The van der Waals surface area contributed by atoms with Gasteiger partial charge in [0, 0.05) is 5.54 Å². The van der Waals surface area contributed by atoms with Gasteiger partial charge in [0.2, 0.25) is 0 Å². The SMILES string of the molecule is CC1CC(CO)N([O])C1(C)C. The van der Waals surface area contributed by atoms with Crippen LogP contribution in [0.2, 0.25) is 0 Å². The average molecular weight is 158 g/mol. The number of nitrogens with zero attached hydrogens (tertiary/aromatic N) is 1. The summed E-state index contributed by atoms with van der Waals surface area (Å²) in [5.41, 5.74) is -0.298. The van der Waals surface area contributed by atoms with Gasteiger partial charge in [-0.25, -0.2) is 0 Å². The van der Waals surface area contributed by atoms with Crippen LogP contribution in [-0.4, -0.2) is 28.4 Å². The summed E-state index contributed by atoms with van der Waals surface area (Å²) in [5.74, 6) is 0.372. The predicted molar refractivity (Wildman–Crippen MR) is 41.3 cm³/mol. The highest BCUT2D eigenvalue weighted by Crippen LogP contribution is 2.36. The van der Waals surface area contributed by atoms with Crippen molar-refractivity contribution < 1.29 is 10.3 Å². The number of hydroxylamine groups is 2. The van der Waals surface area contributed by atoms with Crippen LogP contribution in [-0.2, 0) is 5.21 Å². The fourth-order valence-electron chi connectivity index (χ4n) is 1.63. The van der Waals surface area contributed by atoms with Crippen molar-refractivity contribution in [1.82, 2.24) is 5.06 Å². The molecule has 2 unspecified atom stereocenters. The van der Waals surface area contributed by atoms with Gasteiger partial charge in [-0.1, -0.05) is 6.92 Å². The Morgan fingerprint density at radius 1 is 1.64 bits per heavy atom. The first kappa shape index (κ1) is 8.97. The summed E-state index contributed by atoms with van der Waals surface area (Å²) < 4.78 is 0. The molecular formula is C8H16NO2. The fourth-order valence-corrected chi connectivity index (χ4v) is 1.63. The van der Waals surface area contributed by atoms with Crippen LogP contribution in [0.5, 0.6) is 0 Å². The summed E-state index contributed by atoms with van der Waals surface area (Å²) in [6.45, 7) is 5.90. The molecule has 0 aromatic rings. The lowest BCUT2D eigenvalue weighted by Crippen LogP contribution is -2.42. The third-order valence-corrected chi connectivity index (χ3v) is 2.94. The molecule has 1 N–H and O–H groups in total. The second kappa shape index (κ2) is 2.73. The van der Waals surface area contributed by atoms with Crippen LogP contribution in [0.1, 0.15) is 27.2 Å². The Kier molecular flexibility index (Phi) is 2.23. The highest BCUT2D eigenvalue weighted by Gasteiger charge is 2.45. The van der Waals surface area contributed by atoms with Crippen molar-refractivity contribution in [2.45, 2.75) is 38.8 Å². The van der Waals surface area contributed by atoms with Crippen molar-refractivity contribution >= 4 is 0 Å². The molecule has 1 saturated heterocycles. The largest absolute Gasteiger partial charge is 0.395 e. The molecule has 0 aromatic carbocycles. The van der Waals surface area contributed by atoms with Crippen molar-refractivity contribution in [3.8, 4) is 0 Å². The van der Waals surface area contributed by atoms with E-state index in [-0.39, 0.29) is 18.2 Å². The highest BCUT2D eigenvalue weighted by molar-refractivity contribution is 4.94. The average Bonchev–Trinajstić information content (AvgIpc) is 2.14. The van der Waals surface area contributed by atoms with E-state index in [4.69, 9.17) is 5.11 Å². The molecule has 3 nitrogen and oxygen atoms in total. The van der Waals surface area contributed by atoms with Gasteiger partial charge >= 0.3 is 0 Å². The molecule has 2 atom stereocenters. The van der Waals surface area contributed by atoms with Gasteiger partial charge in [-0.05, 0) is 26.2 Å². The van der Waals surface area contributed by atoms with E-state index in [0.29, 0.717) is 5.92 Å². The van der Waals surface area contributed by atoms with Gasteiger partial charge in [0.15, 0.2) is 0 Å². The number of rotatable bonds is 1. The van der Waals surface area contributed by atoms with Crippen molar-refractivity contribution in [3.63, 3.8) is 0 Å². The first-order valence-corrected chi connectivity index (χ1v) is 4.07. The van der Waals surface area contributed by atoms with Crippen LogP contribution in [0.25, 0.3) is 0 Å². The Bertz CT molecular complexity index is 147. The molecule has 11 heavy (non-hydrogen) atoms. The molecule has 0 spiro atoms. The molecule has 0 saturated carbocycles. The number of hydrogen-bond acceptors (Lipinski definition) is 2. The molecule has 1 aliphatic heterocycles. The zero-order chi connectivity index (χ0) is 8.65. The molecule has 0 amide bonds. The number of aliphatic hydroxyl groups excluding tert-OH is 1. The normalized spacial score (nSPS) is 37.9. The maximum Gasteiger partial charge on any atom is 0.0624 e. The zero-order valence-electron chi connectivity index (χ0n) is 7.37. The van der Waals surface area contributed by atoms with Gasteiger partial charge in [-0.15, -0.1) is 10.3 Å². The zero-order valence-corrected chi connectivity index (χ0v) is 7.37. The van der Waals surface area contributed by atoms with Crippen molar-refractivity contribution in [2.75, 3.05) is 6.61 Å². The minimum atomic E-state index is -0.298. The van der Waals surface area contributed by atoms with Gasteiger partial charge < -0.3 is 5.11 Å². The molecule has 1 aliphatic rings. The van der Waals surface area contributed by atoms with Gasteiger partial charge in [0.1, 0.15) is 0 Å². The second-order valence-corrected chi connectivity index (χ2v) is 3.95. The van der Waals surface area contributed by atoms with Gasteiger partial charge in [0.25, 0.3) is 0 Å². The highest BCUT2D eigenvalue weighted by atomic mass is 16.5. The van der Waals surface area contributed by atoms with E-state index in [1.54, 1.807) is 0 Å². The van der Waals surface area contributed by atoms with E-state index in [1.165, 1.54) is 0 Å². The van der Waals surface area contributed by atoms with E-state index in [9.17, 15) is 5.21 Å².